The van der Waals surface area contributed by atoms with Crippen LogP contribution < -0.4 is 42.8 Å². The largest absolute Gasteiger partial charge is 0.508 e. The van der Waals surface area contributed by atoms with E-state index >= 15 is 0 Å². The van der Waals surface area contributed by atoms with E-state index < -0.39 is 123 Å². The van der Waals surface area contributed by atoms with E-state index in [9.17, 15) is 65.7 Å². The van der Waals surface area contributed by atoms with Gasteiger partial charge in [-0.3, -0.25) is 42.7 Å². The minimum Gasteiger partial charge on any atom is -0.508 e. The number of phenols is 1. The molecule has 9 atom stereocenters. The maximum atomic E-state index is 14.2. The lowest BCUT2D eigenvalue weighted by molar-refractivity contribution is -0.145. The second-order valence-corrected chi connectivity index (χ2v) is 26.0. The summed E-state index contributed by atoms with van der Waals surface area (Å²) in [5, 5.41) is 46.2. The average Bonchev–Trinajstić information content (AvgIpc) is 1.56. The number of rotatable bonds is 16. The van der Waals surface area contributed by atoms with Crippen LogP contribution in [0.3, 0.4) is 0 Å². The molecule has 3 fully saturated rings. The van der Waals surface area contributed by atoms with Crippen LogP contribution in [0.5, 0.6) is 11.5 Å². The lowest BCUT2D eigenvalue weighted by Crippen LogP contribution is -2.62. The van der Waals surface area contributed by atoms with E-state index in [4.69, 9.17) is 25.3 Å². The fourth-order valence-electron chi connectivity index (χ4n) is 10.7. The van der Waals surface area contributed by atoms with Crippen molar-refractivity contribution in [3.63, 3.8) is 0 Å². The van der Waals surface area contributed by atoms with Crippen LogP contribution in [-0.2, 0) is 55.4 Å². The van der Waals surface area contributed by atoms with Crippen LogP contribution in [0.25, 0.3) is 10.8 Å². The first-order valence-corrected chi connectivity index (χ1v) is 33.4. The quantitative estimate of drug-likeness (QED) is 0.0499. The number of aliphatic hydroxyl groups is 2. The third-order valence-electron chi connectivity index (χ3n) is 15.9. The molecule has 0 bridgehead atoms. The van der Waals surface area contributed by atoms with Gasteiger partial charge in [-0.05, 0) is 149 Å². The summed E-state index contributed by atoms with van der Waals surface area (Å²) in [4.78, 5) is 101. The number of carbonyl (C=O) groups is 7. The summed E-state index contributed by atoms with van der Waals surface area (Å²) in [6, 6.07) is 20.0. The Balaban J connectivity index is 0.000000510. The summed E-state index contributed by atoms with van der Waals surface area (Å²) in [5.41, 5.74) is 15.5. The van der Waals surface area contributed by atoms with Crippen molar-refractivity contribution in [1.29, 1.82) is 0 Å². The molecule has 5 aromatic carbocycles. The molecule has 5 aromatic rings. The molecule has 3 heterocycles. The number of nitrogens with one attached hydrogen (secondary N) is 5. The lowest BCUT2D eigenvalue weighted by atomic mass is 10.0. The van der Waals surface area contributed by atoms with E-state index in [1.165, 1.54) is 54.6 Å². The molecule has 92 heavy (non-hydrogen) atoms. The van der Waals surface area contributed by atoms with Gasteiger partial charge in [-0.1, -0.05) is 92.3 Å². The van der Waals surface area contributed by atoms with Gasteiger partial charge in [0.25, 0.3) is 26.1 Å². The number of fused-ring (bicyclic) bond motifs is 3. The van der Waals surface area contributed by atoms with Crippen molar-refractivity contribution < 1.29 is 79.6 Å². The fraction of sp³-hybridized carbons (Fsp3) is 0.453. The monoisotopic (exact) mass is 1320 g/mol. The smallest absolute Gasteiger partial charge is 0.294 e. The molecule has 0 spiro atoms. The number of nitrogens with zero attached hydrogens (tertiary/aromatic N) is 2. The van der Waals surface area contributed by atoms with Crippen molar-refractivity contribution in [3.8, 4) is 11.5 Å². The van der Waals surface area contributed by atoms with Gasteiger partial charge >= 0.3 is 0 Å². The molecule has 3 aliphatic heterocycles. The molecule has 500 valence electrons. The van der Waals surface area contributed by atoms with E-state index in [1.807, 2.05) is 32.0 Å². The number of hydrogen-bond donors (Lipinski definition) is 12. The van der Waals surface area contributed by atoms with Crippen LogP contribution in [0.15, 0.2) is 119 Å². The molecule has 0 unspecified atom stereocenters. The number of aromatic hydroxyl groups is 1. The van der Waals surface area contributed by atoms with Crippen molar-refractivity contribution >= 4 is 72.4 Å². The Bertz CT molecular complexity index is 3510. The van der Waals surface area contributed by atoms with Gasteiger partial charge in [-0.15, -0.1) is 0 Å². The van der Waals surface area contributed by atoms with Crippen molar-refractivity contribution in [3.05, 3.63) is 131 Å². The summed E-state index contributed by atoms with van der Waals surface area (Å²) in [5.74, 6) is -4.61. The molecular formula is C64H85N9O17S2. The number of unbranched alkanes of at least 4 members (excludes halogenated alkanes) is 4. The summed E-state index contributed by atoms with van der Waals surface area (Å²) in [6.45, 7) is 6.75. The number of aryl methyl sites for hydroxylation is 3. The highest BCUT2D eigenvalue weighted by Gasteiger charge is 2.45. The molecule has 0 saturated carbocycles. The van der Waals surface area contributed by atoms with E-state index in [0.717, 1.165) is 52.5 Å². The Labute approximate surface area is 535 Å². The van der Waals surface area contributed by atoms with Gasteiger partial charge in [0.2, 0.25) is 35.4 Å². The van der Waals surface area contributed by atoms with Crippen LogP contribution in [-0.4, -0.2) is 173 Å². The Kier molecular flexibility index (Phi) is 27.0. The Morgan fingerprint density at radius 1 is 0.696 bits per heavy atom. The van der Waals surface area contributed by atoms with Crippen LogP contribution in [0.1, 0.15) is 112 Å². The molecule has 8 rings (SSSR count). The first-order chi connectivity index (χ1) is 43.6. The zero-order chi connectivity index (χ0) is 67.5. The molecule has 7 amide bonds. The third kappa shape index (κ3) is 21.2. The molecule has 14 N–H and O–H groups in total. The average molecular weight is 1320 g/mol. The highest BCUT2D eigenvalue weighted by Crippen LogP contribution is 2.26. The predicted molar refractivity (Wildman–Crippen MR) is 341 cm³/mol. The molecule has 26 nitrogen and oxygen atoms in total. The zero-order valence-electron chi connectivity index (χ0n) is 51.9. The Morgan fingerprint density at radius 2 is 1.29 bits per heavy atom. The second kappa shape index (κ2) is 34.0. The van der Waals surface area contributed by atoms with Gasteiger partial charge in [-0.25, -0.2) is 0 Å². The molecule has 3 saturated heterocycles. The first-order valence-electron chi connectivity index (χ1n) is 30.5. The molecule has 0 radical (unpaired) electrons. The van der Waals surface area contributed by atoms with E-state index in [2.05, 4.69) is 33.5 Å². The lowest BCUT2D eigenvalue weighted by Gasteiger charge is -2.33. The number of phenolic OH excluding ortho intramolecular Hbond substituents is 1. The number of ether oxygens (including phenoxy) is 1. The summed E-state index contributed by atoms with van der Waals surface area (Å²) >= 11 is 0. The van der Waals surface area contributed by atoms with Gasteiger partial charge in [0.05, 0.1) is 35.3 Å². The minimum absolute atomic E-state index is 0.0179. The molecule has 28 heteroatoms. The highest BCUT2D eigenvalue weighted by atomic mass is 32.2. The van der Waals surface area contributed by atoms with E-state index in [1.54, 1.807) is 54.6 Å². The number of aliphatic hydroxyl groups excluding tert-OH is 2. The number of benzene rings is 5. The van der Waals surface area contributed by atoms with Gasteiger partial charge < -0.3 is 67.9 Å². The zero-order valence-corrected chi connectivity index (χ0v) is 53.5. The fourth-order valence-corrected chi connectivity index (χ4v) is 11.6. The maximum absolute atomic E-state index is 14.2. The number of hydrogen-bond acceptors (Lipinski definition) is 17. The normalized spacial score (nSPS) is 22.3. The van der Waals surface area contributed by atoms with Crippen LogP contribution in [0.4, 0.5) is 0 Å². The first kappa shape index (κ1) is 73.0. The van der Waals surface area contributed by atoms with Gasteiger partial charge in [0, 0.05) is 24.7 Å². The van der Waals surface area contributed by atoms with E-state index in [0.29, 0.717) is 17.9 Å². The standard InChI is InChI=1S/C50H69N9O11.2C7H8O3S/c1-3-4-5-6-7-23-70-36-18-15-31-24-33(14-13-32(31)25-36)44(63)54-37-9-8-22-53-47(66)41-26-34(51)27-58(41)50(69)43(29(2)61)57-46(65)38(19-12-30-10-16-35(62)17-11-30)55-48(67)40-20-21-42(52)59(40)49(68)39(28-60)56-45(37)64;2*1-6-2-4-7(5-3-6)11(8,9)10/h10-11,13-18,24-25,29,34,37-43,60-62H,3-9,12,19-23,26-28,51-52H2,1-2H3,(H,53,66)(H,54,63)(H,55,67)(H,56,64)(H,57,65);2*2-5H,1H3,(H,8,9,10)/t29-,34-,37-,38-,39-,40-,41-,42+,43-;;/m0../s1. The highest BCUT2D eigenvalue weighted by molar-refractivity contribution is 7.86. The van der Waals surface area contributed by atoms with Crippen molar-refractivity contribution in [2.45, 2.75) is 169 Å². The summed E-state index contributed by atoms with van der Waals surface area (Å²) in [7, 11) is -8.04. The molecule has 3 aliphatic rings. The number of amides is 7. The molecule has 0 aliphatic carbocycles. The Hall–Kier alpha value is -8.09. The molecule has 0 aromatic heterocycles. The summed E-state index contributed by atoms with van der Waals surface area (Å²) in [6.07, 6.45) is 3.57. The Morgan fingerprint density at radius 3 is 1.89 bits per heavy atom. The number of nitrogens with two attached hydrogens (primary N) is 2. The predicted octanol–water partition coefficient (Wildman–Crippen LogP) is 3.05. The summed E-state index contributed by atoms with van der Waals surface area (Å²) < 4.78 is 65.1. The van der Waals surface area contributed by atoms with Crippen molar-refractivity contribution in [1.82, 2.24) is 36.4 Å². The maximum Gasteiger partial charge on any atom is 0.294 e. The van der Waals surface area contributed by atoms with Gasteiger partial charge in [0.1, 0.15) is 47.8 Å². The topological polar surface area (TPSA) is 417 Å². The van der Waals surface area contributed by atoms with Crippen LogP contribution >= 0.6 is 0 Å². The van der Waals surface area contributed by atoms with Gasteiger partial charge in [0.15, 0.2) is 0 Å². The van der Waals surface area contributed by atoms with Crippen molar-refractivity contribution in [2.24, 2.45) is 11.5 Å². The third-order valence-corrected chi connectivity index (χ3v) is 17.6. The van der Waals surface area contributed by atoms with Gasteiger partial charge in [-0.2, -0.15) is 16.8 Å². The van der Waals surface area contributed by atoms with Crippen molar-refractivity contribution in [2.75, 3.05) is 26.3 Å². The minimum atomic E-state index is -4.02. The van der Waals surface area contributed by atoms with Crippen LogP contribution in [0.2, 0.25) is 0 Å². The van der Waals surface area contributed by atoms with Crippen LogP contribution in [0, 0.1) is 13.8 Å². The second-order valence-electron chi connectivity index (χ2n) is 23.2. The number of carbonyl (C=O) groups excluding carboxylic acids is 7. The SMILES string of the molecule is CCCCCCCOc1ccc2cc(C(=O)N[C@H]3CCCNC(=O)[C@@H]4C[C@H](N)CN4C(=O)[C@H]([C@H](C)O)NC(=O)[C@H](CCc4ccc(O)cc4)NC(=O)[C@@H]4CC[C@H](N)N4C(=O)[C@H](CO)NC3=O)ccc2c1.Cc1ccc(S(=O)(=O)O)cc1.Cc1ccc(S(=O)(=O)O)cc1. The van der Waals surface area contributed by atoms with E-state index in [-0.39, 0.29) is 79.1 Å². The molecular weight excluding hydrogens is 1230 g/mol.